The lowest BCUT2D eigenvalue weighted by molar-refractivity contribution is -0.118. The quantitative estimate of drug-likeness (QED) is 0.738. The predicted molar refractivity (Wildman–Crippen MR) is 84.9 cm³/mol. The second kappa shape index (κ2) is 7.46. The Hall–Kier alpha value is -1.08. The molecule has 1 N–H and O–H groups in total. The van der Waals surface area contributed by atoms with Gasteiger partial charge >= 0.3 is 0 Å². The molecule has 1 saturated heterocycles. The first kappa shape index (κ1) is 15.8. The molecule has 0 bridgehead atoms. The number of ether oxygens (including phenoxy) is 1. The van der Waals surface area contributed by atoms with E-state index in [-0.39, 0.29) is 12.0 Å². The maximum Gasteiger partial charge on any atom is 0.230 e. The third-order valence-electron chi connectivity index (χ3n) is 3.95. The van der Waals surface area contributed by atoms with E-state index in [0.29, 0.717) is 11.8 Å². The second-order valence-electron chi connectivity index (χ2n) is 6.02. The highest BCUT2D eigenvalue weighted by Gasteiger charge is 2.24. The van der Waals surface area contributed by atoms with Crippen molar-refractivity contribution in [2.24, 2.45) is 0 Å². The first-order chi connectivity index (χ1) is 10.8. The van der Waals surface area contributed by atoms with Crippen molar-refractivity contribution in [3.8, 4) is 0 Å². The van der Waals surface area contributed by atoms with Crippen molar-refractivity contribution >= 4 is 17.7 Å². The van der Waals surface area contributed by atoms with Crippen LogP contribution in [0.5, 0.6) is 0 Å². The predicted octanol–water partition coefficient (Wildman–Crippen LogP) is 1.78. The van der Waals surface area contributed by atoms with Gasteiger partial charge in [-0.05, 0) is 32.1 Å². The van der Waals surface area contributed by atoms with Crippen LogP contribution < -0.4 is 5.32 Å². The smallest absolute Gasteiger partial charge is 0.230 e. The van der Waals surface area contributed by atoms with Crippen molar-refractivity contribution in [1.82, 2.24) is 20.1 Å². The van der Waals surface area contributed by atoms with Crippen molar-refractivity contribution in [1.29, 1.82) is 0 Å². The van der Waals surface area contributed by atoms with Crippen LogP contribution in [0, 0.1) is 0 Å². The summed E-state index contributed by atoms with van der Waals surface area (Å²) in [7, 11) is 0. The van der Waals surface area contributed by atoms with Gasteiger partial charge in [-0.1, -0.05) is 18.7 Å². The van der Waals surface area contributed by atoms with Gasteiger partial charge in [-0.2, -0.15) is 0 Å². The maximum atomic E-state index is 11.8. The molecule has 0 unspecified atom stereocenters. The number of hydrogen-bond acceptors (Lipinski definition) is 5. The number of hydrogen-bond donors (Lipinski definition) is 1. The van der Waals surface area contributed by atoms with E-state index in [9.17, 15) is 4.79 Å². The van der Waals surface area contributed by atoms with Crippen LogP contribution >= 0.6 is 11.8 Å². The zero-order valence-corrected chi connectivity index (χ0v) is 13.9. The minimum Gasteiger partial charge on any atom is -0.376 e. The third kappa shape index (κ3) is 4.23. The molecule has 1 amide bonds. The van der Waals surface area contributed by atoms with Crippen LogP contribution in [0.4, 0.5) is 0 Å². The number of nitrogens with one attached hydrogen (secondary N) is 1. The molecule has 0 spiro atoms. The van der Waals surface area contributed by atoms with E-state index in [2.05, 4.69) is 27.0 Å². The molecule has 2 fully saturated rings. The Bertz CT molecular complexity index is 510. The molecule has 2 heterocycles. The van der Waals surface area contributed by atoms with E-state index in [1.54, 1.807) is 0 Å². The molecule has 3 rings (SSSR count). The second-order valence-corrected chi connectivity index (χ2v) is 6.97. The zero-order chi connectivity index (χ0) is 15.4. The van der Waals surface area contributed by atoms with E-state index >= 15 is 0 Å². The van der Waals surface area contributed by atoms with Gasteiger partial charge in [-0.15, -0.1) is 10.2 Å². The fourth-order valence-corrected chi connectivity index (χ4v) is 3.41. The summed E-state index contributed by atoms with van der Waals surface area (Å²) in [6.07, 6.45) is 6.66. The Balaban J connectivity index is 1.61. The van der Waals surface area contributed by atoms with Crippen LogP contribution in [0.2, 0.25) is 0 Å². The van der Waals surface area contributed by atoms with Crippen molar-refractivity contribution in [3.05, 3.63) is 5.82 Å². The van der Waals surface area contributed by atoms with Gasteiger partial charge in [-0.3, -0.25) is 4.79 Å². The average Bonchev–Trinajstić information content (AvgIpc) is 3.02. The average molecular weight is 324 g/mol. The standard InChI is InChI=1S/C15H24N4O2S/c1-2-4-13-17-18-15(19(13)9-12-5-3-8-21-12)22-10-14(20)16-11-6-7-11/h11-12H,2-10H2,1H3,(H,16,20)/t12-/m1/s1. The van der Waals surface area contributed by atoms with E-state index in [1.807, 2.05) is 0 Å². The Morgan fingerprint density at radius 3 is 2.95 bits per heavy atom. The van der Waals surface area contributed by atoms with Crippen molar-refractivity contribution in [2.75, 3.05) is 12.4 Å². The van der Waals surface area contributed by atoms with Crippen LogP contribution in [-0.2, 0) is 22.5 Å². The molecular weight excluding hydrogens is 300 g/mol. The van der Waals surface area contributed by atoms with Gasteiger partial charge in [0, 0.05) is 19.1 Å². The first-order valence-corrected chi connectivity index (χ1v) is 9.20. The lowest BCUT2D eigenvalue weighted by Crippen LogP contribution is -2.27. The zero-order valence-electron chi connectivity index (χ0n) is 13.1. The van der Waals surface area contributed by atoms with E-state index in [4.69, 9.17) is 4.74 Å². The summed E-state index contributed by atoms with van der Waals surface area (Å²) in [6.45, 7) is 3.79. The van der Waals surface area contributed by atoms with Crippen molar-refractivity contribution in [2.45, 2.75) is 69.3 Å². The molecule has 0 radical (unpaired) electrons. The summed E-state index contributed by atoms with van der Waals surface area (Å²) in [4.78, 5) is 11.8. The van der Waals surface area contributed by atoms with E-state index in [0.717, 1.165) is 62.7 Å². The third-order valence-corrected chi connectivity index (χ3v) is 4.92. The molecule has 7 heteroatoms. The van der Waals surface area contributed by atoms with Crippen LogP contribution in [0.15, 0.2) is 5.16 Å². The monoisotopic (exact) mass is 324 g/mol. The molecule has 122 valence electrons. The molecular formula is C15H24N4O2S. The van der Waals surface area contributed by atoms with Gasteiger partial charge in [0.25, 0.3) is 0 Å². The summed E-state index contributed by atoms with van der Waals surface area (Å²) in [5.74, 6) is 1.51. The van der Waals surface area contributed by atoms with Crippen LogP contribution in [-0.4, -0.2) is 45.2 Å². The minimum absolute atomic E-state index is 0.0937. The number of nitrogens with zero attached hydrogens (tertiary/aromatic N) is 3. The molecule has 0 aromatic carbocycles. The lowest BCUT2D eigenvalue weighted by Gasteiger charge is -2.14. The Morgan fingerprint density at radius 1 is 1.41 bits per heavy atom. The van der Waals surface area contributed by atoms with Crippen LogP contribution in [0.1, 0.15) is 44.9 Å². The highest BCUT2D eigenvalue weighted by molar-refractivity contribution is 7.99. The highest BCUT2D eigenvalue weighted by atomic mass is 32.2. The number of aryl methyl sites for hydroxylation is 1. The Morgan fingerprint density at radius 2 is 2.27 bits per heavy atom. The summed E-state index contributed by atoms with van der Waals surface area (Å²) in [5.41, 5.74) is 0. The normalized spacial score (nSPS) is 21.2. The largest absolute Gasteiger partial charge is 0.376 e. The van der Waals surface area contributed by atoms with Gasteiger partial charge in [0.2, 0.25) is 5.91 Å². The first-order valence-electron chi connectivity index (χ1n) is 8.22. The number of thioether (sulfide) groups is 1. The molecule has 1 aliphatic carbocycles. The van der Waals surface area contributed by atoms with Gasteiger partial charge in [-0.25, -0.2) is 0 Å². The Labute approximate surface area is 135 Å². The molecule has 1 aromatic heterocycles. The number of rotatable bonds is 8. The van der Waals surface area contributed by atoms with Crippen LogP contribution in [0.3, 0.4) is 0 Å². The topological polar surface area (TPSA) is 69.0 Å². The summed E-state index contributed by atoms with van der Waals surface area (Å²) in [6, 6.07) is 0.411. The number of amides is 1. The summed E-state index contributed by atoms with van der Waals surface area (Å²) in [5, 5.41) is 12.4. The van der Waals surface area contributed by atoms with Gasteiger partial charge in [0.05, 0.1) is 18.4 Å². The molecule has 1 aromatic rings. The van der Waals surface area contributed by atoms with Gasteiger partial charge < -0.3 is 14.6 Å². The molecule has 6 nitrogen and oxygen atoms in total. The van der Waals surface area contributed by atoms with Gasteiger partial charge in [0.1, 0.15) is 5.82 Å². The molecule has 1 aliphatic heterocycles. The highest BCUT2D eigenvalue weighted by Crippen LogP contribution is 2.23. The fraction of sp³-hybridized carbons (Fsp3) is 0.800. The maximum absolute atomic E-state index is 11.8. The van der Waals surface area contributed by atoms with E-state index < -0.39 is 0 Å². The van der Waals surface area contributed by atoms with Crippen molar-refractivity contribution < 1.29 is 9.53 Å². The number of aromatic nitrogens is 3. The summed E-state index contributed by atoms with van der Waals surface area (Å²) >= 11 is 1.48. The summed E-state index contributed by atoms with van der Waals surface area (Å²) < 4.78 is 7.88. The Kier molecular flexibility index (Phi) is 5.36. The van der Waals surface area contributed by atoms with Gasteiger partial charge in [0.15, 0.2) is 5.16 Å². The SMILES string of the molecule is CCCc1nnc(SCC(=O)NC2CC2)n1C[C@H]1CCCO1. The minimum atomic E-state index is 0.0937. The number of carbonyl (C=O) groups excluding carboxylic acids is 1. The fourth-order valence-electron chi connectivity index (χ4n) is 2.64. The van der Waals surface area contributed by atoms with Crippen molar-refractivity contribution in [3.63, 3.8) is 0 Å². The lowest BCUT2D eigenvalue weighted by atomic mass is 10.2. The van der Waals surface area contributed by atoms with E-state index in [1.165, 1.54) is 11.8 Å². The molecule has 2 aliphatic rings. The molecule has 1 saturated carbocycles. The van der Waals surface area contributed by atoms with Crippen LogP contribution in [0.25, 0.3) is 0 Å². The molecule has 1 atom stereocenters. The number of carbonyl (C=O) groups is 1. The molecule has 22 heavy (non-hydrogen) atoms.